The second kappa shape index (κ2) is 8.35. The largest absolute Gasteiger partial charge is 0.449 e. The molecule has 0 spiro atoms. The molecule has 142 valence electrons. The van der Waals surface area contributed by atoms with Crippen molar-refractivity contribution >= 4 is 17.6 Å². The van der Waals surface area contributed by atoms with Gasteiger partial charge in [0.2, 0.25) is 0 Å². The Bertz CT molecular complexity index is 813. The molecule has 27 heavy (non-hydrogen) atoms. The monoisotopic (exact) mass is 367 g/mol. The van der Waals surface area contributed by atoms with Crippen molar-refractivity contribution in [2.45, 2.75) is 46.0 Å². The SMILES string of the molecule is CC(C)OCc1ccc(C(=O)O[C@H](C)C(=O)N2CCc3ccccc32)cc1. The van der Waals surface area contributed by atoms with Crippen molar-refractivity contribution in [1.29, 1.82) is 0 Å². The first-order valence-electron chi connectivity index (χ1n) is 9.26. The zero-order chi connectivity index (χ0) is 19.4. The summed E-state index contributed by atoms with van der Waals surface area (Å²) in [5.41, 5.74) is 3.45. The van der Waals surface area contributed by atoms with Crippen molar-refractivity contribution < 1.29 is 19.1 Å². The lowest BCUT2D eigenvalue weighted by Crippen LogP contribution is -2.39. The number of anilines is 1. The number of carbonyl (C=O) groups is 2. The van der Waals surface area contributed by atoms with Gasteiger partial charge in [0.1, 0.15) is 0 Å². The smallest absolute Gasteiger partial charge is 0.338 e. The predicted molar refractivity (Wildman–Crippen MR) is 104 cm³/mol. The Hall–Kier alpha value is -2.66. The van der Waals surface area contributed by atoms with Crippen molar-refractivity contribution in [2.75, 3.05) is 11.4 Å². The number of amides is 1. The minimum absolute atomic E-state index is 0.150. The van der Waals surface area contributed by atoms with Crippen LogP contribution in [0.25, 0.3) is 0 Å². The molecule has 1 aliphatic heterocycles. The number of rotatable bonds is 6. The van der Waals surface area contributed by atoms with E-state index in [9.17, 15) is 9.59 Å². The van der Waals surface area contributed by atoms with Gasteiger partial charge >= 0.3 is 5.97 Å². The van der Waals surface area contributed by atoms with Gasteiger partial charge in [-0.15, -0.1) is 0 Å². The van der Waals surface area contributed by atoms with Gasteiger partial charge in [-0.1, -0.05) is 30.3 Å². The summed E-state index contributed by atoms with van der Waals surface area (Å²) >= 11 is 0. The number of esters is 1. The van der Waals surface area contributed by atoms with E-state index in [-0.39, 0.29) is 12.0 Å². The van der Waals surface area contributed by atoms with E-state index in [1.807, 2.05) is 50.2 Å². The van der Waals surface area contributed by atoms with Crippen molar-refractivity contribution in [3.8, 4) is 0 Å². The third kappa shape index (κ3) is 4.55. The number of nitrogens with zero attached hydrogens (tertiary/aromatic N) is 1. The van der Waals surface area contributed by atoms with Gasteiger partial charge in [-0.2, -0.15) is 0 Å². The van der Waals surface area contributed by atoms with Gasteiger partial charge in [-0.25, -0.2) is 4.79 Å². The zero-order valence-corrected chi connectivity index (χ0v) is 16.0. The van der Waals surface area contributed by atoms with Crippen LogP contribution < -0.4 is 4.90 Å². The van der Waals surface area contributed by atoms with Crippen LogP contribution in [0.2, 0.25) is 0 Å². The molecule has 5 heteroatoms. The molecule has 0 N–H and O–H groups in total. The van der Waals surface area contributed by atoms with E-state index in [1.165, 1.54) is 0 Å². The Balaban J connectivity index is 1.60. The van der Waals surface area contributed by atoms with E-state index < -0.39 is 12.1 Å². The fraction of sp³-hybridized carbons (Fsp3) is 0.364. The second-order valence-corrected chi connectivity index (χ2v) is 6.97. The summed E-state index contributed by atoms with van der Waals surface area (Å²) in [7, 11) is 0. The molecule has 2 aromatic carbocycles. The summed E-state index contributed by atoms with van der Waals surface area (Å²) in [5, 5.41) is 0. The summed E-state index contributed by atoms with van der Waals surface area (Å²) in [5.74, 6) is -0.699. The molecule has 1 amide bonds. The fourth-order valence-corrected chi connectivity index (χ4v) is 3.07. The van der Waals surface area contributed by atoms with Crippen molar-refractivity contribution in [1.82, 2.24) is 0 Å². The van der Waals surface area contributed by atoms with Crippen LogP contribution >= 0.6 is 0 Å². The first kappa shape index (κ1) is 19.1. The van der Waals surface area contributed by atoms with Gasteiger partial charge < -0.3 is 14.4 Å². The average molecular weight is 367 g/mol. The molecular weight excluding hydrogens is 342 g/mol. The molecule has 0 fully saturated rings. The second-order valence-electron chi connectivity index (χ2n) is 6.97. The quantitative estimate of drug-likeness (QED) is 0.730. The van der Waals surface area contributed by atoms with Gasteiger partial charge in [-0.05, 0) is 56.5 Å². The highest BCUT2D eigenvalue weighted by Crippen LogP contribution is 2.28. The van der Waals surface area contributed by atoms with Gasteiger partial charge in [0.15, 0.2) is 6.10 Å². The van der Waals surface area contributed by atoms with E-state index in [1.54, 1.807) is 24.0 Å². The molecule has 1 aliphatic rings. The van der Waals surface area contributed by atoms with Gasteiger partial charge in [0.25, 0.3) is 5.91 Å². The van der Waals surface area contributed by atoms with Gasteiger partial charge in [0, 0.05) is 12.2 Å². The number of ether oxygens (including phenoxy) is 2. The molecule has 0 saturated heterocycles. The first-order valence-corrected chi connectivity index (χ1v) is 9.26. The van der Waals surface area contributed by atoms with Crippen LogP contribution in [0.1, 0.15) is 42.3 Å². The van der Waals surface area contributed by atoms with Crippen LogP contribution in [0.15, 0.2) is 48.5 Å². The van der Waals surface area contributed by atoms with Crippen LogP contribution in [0, 0.1) is 0 Å². The molecule has 1 heterocycles. The molecular formula is C22H25NO4. The van der Waals surface area contributed by atoms with Gasteiger partial charge in [-0.3, -0.25) is 4.79 Å². The lowest BCUT2D eigenvalue weighted by Gasteiger charge is -2.21. The minimum atomic E-state index is -0.840. The molecule has 0 bridgehead atoms. The third-order valence-corrected chi connectivity index (χ3v) is 4.56. The van der Waals surface area contributed by atoms with E-state index >= 15 is 0 Å². The lowest BCUT2D eigenvalue weighted by molar-refractivity contribution is -0.126. The van der Waals surface area contributed by atoms with Crippen molar-refractivity contribution in [3.63, 3.8) is 0 Å². The van der Waals surface area contributed by atoms with Gasteiger partial charge in [0.05, 0.1) is 18.3 Å². The Morgan fingerprint density at radius 3 is 2.44 bits per heavy atom. The molecule has 0 unspecified atom stereocenters. The summed E-state index contributed by atoms with van der Waals surface area (Å²) in [6, 6.07) is 14.9. The molecule has 0 aromatic heterocycles. The first-order chi connectivity index (χ1) is 13.0. The Kier molecular flexibility index (Phi) is 5.91. The standard InChI is InChI=1S/C22H25NO4/c1-15(2)26-14-17-8-10-19(11-9-17)22(25)27-16(3)21(24)23-13-12-18-6-4-5-7-20(18)23/h4-11,15-16H,12-14H2,1-3H3/t16-/m1/s1. The van der Waals surface area contributed by atoms with E-state index in [4.69, 9.17) is 9.47 Å². The molecule has 5 nitrogen and oxygen atoms in total. The van der Waals surface area contributed by atoms with Crippen molar-refractivity contribution in [2.24, 2.45) is 0 Å². The summed E-state index contributed by atoms with van der Waals surface area (Å²) in [4.78, 5) is 26.8. The molecule has 0 radical (unpaired) electrons. The number of carbonyl (C=O) groups excluding carboxylic acids is 2. The maximum Gasteiger partial charge on any atom is 0.338 e. The maximum atomic E-state index is 12.7. The van der Waals surface area contributed by atoms with E-state index in [0.717, 1.165) is 23.2 Å². The number of fused-ring (bicyclic) bond motifs is 1. The van der Waals surface area contributed by atoms with Crippen molar-refractivity contribution in [3.05, 3.63) is 65.2 Å². The highest BCUT2D eigenvalue weighted by molar-refractivity contribution is 6.00. The third-order valence-electron chi connectivity index (χ3n) is 4.56. The predicted octanol–water partition coefficient (Wildman–Crippen LogP) is 3.75. The topological polar surface area (TPSA) is 55.8 Å². The average Bonchev–Trinajstić information content (AvgIpc) is 3.10. The van der Waals surface area contributed by atoms with Crippen LogP contribution in [0.3, 0.4) is 0 Å². The van der Waals surface area contributed by atoms with Crippen LogP contribution in [-0.2, 0) is 27.3 Å². The minimum Gasteiger partial charge on any atom is -0.449 e. The Labute approximate surface area is 159 Å². The normalized spacial score (nSPS) is 14.1. The number of hydrogen-bond donors (Lipinski definition) is 0. The number of hydrogen-bond acceptors (Lipinski definition) is 4. The molecule has 2 aromatic rings. The maximum absolute atomic E-state index is 12.7. The van der Waals surface area contributed by atoms with Crippen LogP contribution in [0.4, 0.5) is 5.69 Å². The summed E-state index contributed by atoms with van der Waals surface area (Å²) < 4.78 is 10.9. The lowest BCUT2D eigenvalue weighted by atomic mass is 10.1. The highest BCUT2D eigenvalue weighted by atomic mass is 16.5. The molecule has 3 rings (SSSR count). The molecule has 0 saturated carbocycles. The Morgan fingerprint density at radius 2 is 1.74 bits per heavy atom. The van der Waals surface area contributed by atoms with Crippen LogP contribution in [-0.4, -0.2) is 30.6 Å². The summed E-state index contributed by atoms with van der Waals surface area (Å²) in [6.45, 7) is 6.68. The van der Waals surface area contributed by atoms with E-state index in [0.29, 0.717) is 18.7 Å². The zero-order valence-electron chi connectivity index (χ0n) is 16.0. The number of benzene rings is 2. The molecule has 1 atom stereocenters. The molecule has 0 aliphatic carbocycles. The van der Waals surface area contributed by atoms with Crippen LogP contribution in [0.5, 0.6) is 0 Å². The van der Waals surface area contributed by atoms with E-state index in [2.05, 4.69) is 0 Å². The highest BCUT2D eigenvalue weighted by Gasteiger charge is 2.29. The Morgan fingerprint density at radius 1 is 1.04 bits per heavy atom. The summed E-state index contributed by atoms with van der Waals surface area (Å²) in [6.07, 6.45) is 0.132. The number of para-hydroxylation sites is 1. The fourth-order valence-electron chi connectivity index (χ4n) is 3.07.